The third-order valence-electron chi connectivity index (χ3n) is 9.54. The minimum absolute atomic E-state index is 0.0537. The van der Waals surface area contributed by atoms with Crippen LogP contribution in [0.2, 0.25) is 0 Å². The highest BCUT2D eigenvalue weighted by atomic mass is 16.6. The van der Waals surface area contributed by atoms with E-state index in [9.17, 15) is 24.3 Å². The number of rotatable bonds is 6. The Labute approximate surface area is 297 Å². The molecule has 0 bridgehead atoms. The lowest BCUT2D eigenvalue weighted by atomic mass is 10.0. The molecule has 268 valence electrons. The number of carbonyl (C=O) groups excluding carboxylic acids is 3. The van der Waals surface area contributed by atoms with Crippen LogP contribution in [0.5, 0.6) is 0 Å². The van der Waals surface area contributed by atoms with Gasteiger partial charge in [0, 0.05) is 24.4 Å². The monoisotopic (exact) mass is 695 g/mol. The number of benzene rings is 2. The number of ether oxygens (including phenoxy) is 1. The molecule has 3 N–H and O–H groups in total. The number of allylic oxidation sites excluding steroid dienone is 1. The van der Waals surface area contributed by atoms with Gasteiger partial charge in [-0.25, -0.2) is 9.59 Å². The standard InChI is InChI=1S/C38H45N7O6/c1-37(2,3)51-36(50)39-30-19-11-6-4-5-10-17-27-23-38(27,35(48)49)40-33(46)31-22-28(24-44(31)34(30)47)45-42-32(41-43-45)29-18-13-12-16-26(29)21-20-25-14-8-7-9-15-25/h7-10,12-18,20-21,27-28,30-31H,4-6,11,19,22-24H2,1-3H3,(H,39,50)(H,40,46)(H,48,49)/b17-10-,21-20+/t27-,28+,30-,31-,38+/m0/s1. The predicted molar refractivity (Wildman–Crippen MR) is 190 cm³/mol. The Balaban J connectivity index is 1.29. The number of nitrogens with zero attached hydrogens (tertiary/aromatic N) is 5. The molecule has 0 radical (unpaired) electrons. The summed E-state index contributed by atoms with van der Waals surface area (Å²) in [5.74, 6) is -2.11. The van der Waals surface area contributed by atoms with E-state index in [1.165, 1.54) is 9.70 Å². The zero-order valence-corrected chi connectivity index (χ0v) is 29.2. The largest absolute Gasteiger partial charge is 0.479 e. The van der Waals surface area contributed by atoms with E-state index in [0.29, 0.717) is 18.7 Å². The number of amides is 3. The first kappa shape index (κ1) is 35.5. The van der Waals surface area contributed by atoms with Gasteiger partial charge in [-0.1, -0.05) is 91.7 Å². The van der Waals surface area contributed by atoms with Gasteiger partial charge in [0.1, 0.15) is 23.2 Å². The van der Waals surface area contributed by atoms with Gasteiger partial charge in [-0.2, -0.15) is 4.80 Å². The summed E-state index contributed by atoms with van der Waals surface area (Å²) >= 11 is 0. The Hall–Kier alpha value is -5.33. The molecule has 3 aliphatic rings. The number of carbonyl (C=O) groups is 4. The zero-order valence-electron chi connectivity index (χ0n) is 29.2. The number of nitrogens with one attached hydrogen (secondary N) is 2. The van der Waals surface area contributed by atoms with Gasteiger partial charge in [0.05, 0.1) is 6.04 Å². The minimum Gasteiger partial charge on any atom is -0.479 e. The number of aromatic nitrogens is 4. The number of fused-ring (bicyclic) bond motifs is 2. The van der Waals surface area contributed by atoms with Crippen molar-refractivity contribution in [1.82, 2.24) is 35.7 Å². The normalized spacial score (nSPS) is 26.3. The van der Waals surface area contributed by atoms with Crippen LogP contribution in [0.1, 0.15) is 82.9 Å². The maximum absolute atomic E-state index is 14.3. The molecule has 13 heteroatoms. The van der Waals surface area contributed by atoms with E-state index in [4.69, 9.17) is 9.84 Å². The molecule has 1 saturated heterocycles. The molecular weight excluding hydrogens is 650 g/mol. The van der Waals surface area contributed by atoms with Gasteiger partial charge >= 0.3 is 12.1 Å². The quantitative estimate of drug-likeness (QED) is 0.237. The zero-order chi connectivity index (χ0) is 36.2. The second-order valence-corrected chi connectivity index (χ2v) is 14.5. The van der Waals surface area contributed by atoms with Crippen LogP contribution in [0.4, 0.5) is 4.79 Å². The topological polar surface area (TPSA) is 169 Å². The SMILES string of the molecule is CC(C)(C)OC(=O)N[C@H]1CCCCC/C=C\[C@H]2C[C@@]2(C(=O)O)NC(=O)[C@@H]2C[C@@H](n3nnc(-c4ccccc4/C=C/c4ccccc4)n3)CN2C1=O. The third-order valence-corrected chi connectivity index (χ3v) is 9.54. The highest BCUT2D eigenvalue weighted by Crippen LogP contribution is 2.45. The Morgan fingerprint density at radius 2 is 1.80 bits per heavy atom. The molecule has 3 amide bonds. The van der Waals surface area contributed by atoms with Gasteiger partial charge in [0.2, 0.25) is 17.6 Å². The number of aliphatic carboxylic acids is 1. The molecule has 1 aliphatic carbocycles. The lowest BCUT2D eigenvalue weighted by molar-refractivity contribution is -0.145. The molecule has 2 fully saturated rings. The predicted octanol–water partition coefficient (Wildman–Crippen LogP) is 5.03. The molecule has 3 aromatic rings. The summed E-state index contributed by atoms with van der Waals surface area (Å²) in [6.45, 7) is 5.28. The van der Waals surface area contributed by atoms with Crippen molar-refractivity contribution in [2.75, 3.05) is 6.54 Å². The second-order valence-electron chi connectivity index (χ2n) is 14.5. The number of tetrazole rings is 1. The number of carboxylic acids is 1. The van der Waals surface area contributed by atoms with Crippen LogP contribution in [0, 0.1) is 5.92 Å². The molecule has 0 spiro atoms. The van der Waals surface area contributed by atoms with Crippen LogP contribution < -0.4 is 10.6 Å². The van der Waals surface area contributed by atoms with Gasteiger partial charge in [-0.15, -0.1) is 10.2 Å². The Morgan fingerprint density at radius 1 is 1.04 bits per heavy atom. The number of hydrogen-bond acceptors (Lipinski definition) is 8. The fourth-order valence-electron chi connectivity index (χ4n) is 6.78. The van der Waals surface area contributed by atoms with E-state index < -0.39 is 53.1 Å². The highest BCUT2D eigenvalue weighted by molar-refractivity contribution is 5.96. The number of carboxylic acid groups (broad SMARTS) is 1. The Morgan fingerprint density at radius 3 is 2.57 bits per heavy atom. The summed E-state index contributed by atoms with van der Waals surface area (Å²) in [4.78, 5) is 56.5. The van der Waals surface area contributed by atoms with Crippen LogP contribution in [0.15, 0.2) is 66.7 Å². The van der Waals surface area contributed by atoms with E-state index in [1.807, 2.05) is 78.9 Å². The maximum Gasteiger partial charge on any atom is 0.408 e. The lowest BCUT2D eigenvalue weighted by Crippen LogP contribution is -2.56. The summed E-state index contributed by atoms with van der Waals surface area (Å²) < 4.78 is 5.48. The van der Waals surface area contributed by atoms with Gasteiger partial charge in [0.15, 0.2) is 0 Å². The van der Waals surface area contributed by atoms with Crippen LogP contribution in [-0.4, -0.2) is 83.9 Å². The number of alkyl carbamates (subject to hydrolysis) is 1. The van der Waals surface area contributed by atoms with Crippen LogP contribution in [-0.2, 0) is 19.1 Å². The first-order valence-electron chi connectivity index (χ1n) is 17.6. The van der Waals surface area contributed by atoms with E-state index in [0.717, 1.165) is 36.0 Å². The summed E-state index contributed by atoms with van der Waals surface area (Å²) in [6, 6.07) is 15.1. The third kappa shape index (κ3) is 8.35. The van der Waals surface area contributed by atoms with Crippen molar-refractivity contribution >= 4 is 36.0 Å². The molecule has 1 saturated carbocycles. The fraction of sp³-hybridized carbons (Fsp3) is 0.447. The molecule has 51 heavy (non-hydrogen) atoms. The average Bonchev–Trinajstić information content (AvgIpc) is 3.39. The van der Waals surface area contributed by atoms with Crippen molar-refractivity contribution in [3.63, 3.8) is 0 Å². The molecule has 2 aromatic carbocycles. The van der Waals surface area contributed by atoms with Crippen LogP contribution in [0.3, 0.4) is 0 Å². The van der Waals surface area contributed by atoms with Crippen molar-refractivity contribution in [3.05, 3.63) is 77.9 Å². The summed E-state index contributed by atoms with van der Waals surface area (Å²) in [5.41, 5.74) is 0.468. The summed E-state index contributed by atoms with van der Waals surface area (Å²) in [5, 5.41) is 29.1. The van der Waals surface area contributed by atoms with Crippen LogP contribution in [0.25, 0.3) is 23.5 Å². The van der Waals surface area contributed by atoms with Gasteiger partial charge in [0.25, 0.3) is 0 Å². The van der Waals surface area contributed by atoms with E-state index in [1.54, 1.807) is 20.8 Å². The molecule has 13 nitrogen and oxygen atoms in total. The fourth-order valence-corrected chi connectivity index (χ4v) is 6.78. The van der Waals surface area contributed by atoms with Crippen molar-refractivity contribution in [1.29, 1.82) is 0 Å². The summed E-state index contributed by atoms with van der Waals surface area (Å²) in [7, 11) is 0. The average molecular weight is 696 g/mol. The van der Waals surface area contributed by atoms with Gasteiger partial charge in [-0.3, -0.25) is 9.59 Å². The molecule has 1 aromatic heterocycles. The van der Waals surface area contributed by atoms with Gasteiger partial charge < -0.3 is 25.4 Å². The molecule has 2 aliphatic heterocycles. The van der Waals surface area contributed by atoms with E-state index in [2.05, 4.69) is 20.9 Å². The van der Waals surface area contributed by atoms with Crippen LogP contribution >= 0.6 is 0 Å². The summed E-state index contributed by atoms with van der Waals surface area (Å²) in [6.07, 6.45) is 10.9. The second kappa shape index (κ2) is 14.9. The first-order chi connectivity index (χ1) is 24.4. The maximum atomic E-state index is 14.3. The van der Waals surface area contributed by atoms with Gasteiger partial charge in [-0.05, 0) is 62.8 Å². The molecular formula is C38H45N7O6. The molecule has 3 heterocycles. The van der Waals surface area contributed by atoms with Crippen molar-refractivity contribution in [2.24, 2.45) is 5.92 Å². The molecule has 0 unspecified atom stereocenters. The smallest absolute Gasteiger partial charge is 0.408 e. The first-order valence-corrected chi connectivity index (χ1v) is 17.6. The Kier molecular flexibility index (Phi) is 10.4. The van der Waals surface area contributed by atoms with E-state index >= 15 is 0 Å². The minimum atomic E-state index is -1.44. The number of hydrogen-bond donors (Lipinski definition) is 3. The molecule has 5 atom stereocenters. The highest BCUT2D eigenvalue weighted by Gasteiger charge is 2.61. The Bertz CT molecular complexity index is 1820. The van der Waals surface area contributed by atoms with E-state index in [-0.39, 0.29) is 25.3 Å². The van der Waals surface area contributed by atoms with Crippen molar-refractivity contribution in [3.8, 4) is 11.4 Å². The lowest BCUT2D eigenvalue weighted by Gasteiger charge is -2.30. The van der Waals surface area contributed by atoms with Crippen molar-refractivity contribution in [2.45, 2.75) is 95.0 Å². The van der Waals surface area contributed by atoms with Crippen molar-refractivity contribution < 1.29 is 29.0 Å². The molecule has 6 rings (SSSR count).